The Morgan fingerprint density at radius 1 is 1.16 bits per heavy atom. The van der Waals surface area contributed by atoms with Gasteiger partial charge >= 0.3 is 0 Å². The van der Waals surface area contributed by atoms with Crippen molar-refractivity contribution in [1.29, 1.82) is 0 Å². The summed E-state index contributed by atoms with van der Waals surface area (Å²) >= 11 is 3.30. The molecule has 0 radical (unpaired) electrons. The van der Waals surface area contributed by atoms with Crippen molar-refractivity contribution < 1.29 is 9.18 Å². The molecule has 6 heteroatoms. The van der Waals surface area contributed by atoms with Crippen molar-refractivity contribution in [2.75, 3.05) is 6.54 Å². The van der Waals surface area contributed by atoms with Gasteiger partial charge in [0, 0.05) is 27.8 Å². The monoisotopic (exact) mass is 491 g/mol. The van der Waals surface area contributed by atoms with Crippen LogP contribution >= 0.6 is 15.9 Å². The minimum atomic E-state index is -0.335. The van der Waals surface area contributed by atoms with Crippen molar-refractivity contribution in [3.63, 3.8) is 0 Å². The lowest BCUT2D eigenvalue weighted by Gasteiger charge is -2.35. The Morgan fingerprint density at radius 2 is 1.97 bits per heavy atom. The second-order valence-electron chi connectivity index (χ2n) is 8.20. The topological polar surface area (TPSA) is 37.6 Å². The third-order valence-corrected chi connectivity index (χ3v) is 6.80. The summed E-state index contributed by atoms with van der Waals surface area (Å²) in [7, 11) is 0. The summed E-state index contributed by atoms with van der Waals surface area (Å²) in [4.78, 5) is 15.5. The van der Waals surface area contributed by atoms with E-state index in [0.29, 0.717) is 34.3 Å². The summed E-state index contributed by atoms with van der Waals surface area (Å²) in [5, 5.41) is 4.64. The first-order valence-electron chi connectivity index (χ1n) is 10.8. The second-order valence-corrected chi connectivity index (χ2v) is 9.12. The van der Waals surface area contributed by atoms with E-state index in [1.807, 2.05) is 40.6 Å². The lowest BCUT2D eigenvalue weighted by molar-refractivity contribution is 0.0677. The number of rotatable bonds is 3. The largest absolute Gasteiger partial charge is 0.332 e. The average Bonchev–Trinajstić information content (AvgIpc) is 3.22. The molecule has 0 N–H and O–H groups in total. The van der Waals surface area contributed by atoms with Gasteiger partial charge in [0.25, 0.3) is 5.91 Å². The van der Waals surface area contributed by atoms with E-state index in [0.717, 1.165) is 17.6 Å². The third kappa shape index (κ3) is 3.52. The fourth-order valence-electron chi connectivity index (χ4n) is 4.59. The number of halogens is 2. The van der Waals surface area contributed by atoms with Crippen molar-refractivity contribution in [2.45, 2.75) is 32.7 Å². The van der Waals surface area contributed by atoms with Crippen LogP contribution in [-0.2, 0) is 12.8 Å². The Morgan fingerprint density at radius 3 is 2.75 bits per heavy atom. The summed E-state index contributed by atoms with van der Waals surface area (Å²) < 4.78 is 17.0. The Balaban J connectivity index is 1.54. The molecule has 4 aromatic rings. The molecule has 1 aliphatic heterocycles. The van der Waals surface area contributed by atoms with Gasteiger partial charge in [-0.25, -0.2) is 8.91 Å². The number of aryl methyl sites for hydroxylation is 1. The van der Waals surface area contributed by atoms with Crippen LogP contribution in [0.4, 0.5) is 4.39 Å². The molecule has 3 heterocycles. The van der Waals surface area contributed by atoms with E-state index in [2.05, 4.69) is 46.2 Å². The zero-order valence-corrected chi connectivity index (χ0v) is 19.6. The molecular formula is C26H23BrFN3O. The molecule has 1 amide bonds. The van der Waals surface area contributed by atoms with Gasteiger partial charge in [0.15, 0.2) is 0 Å². The van der Waals surface area contributed by atoms with Crippen molar-refractivity contribution in [3.05, 3.63) is 93.3 Å². The number of pyridine rings is 1. The Hall–Kier alpha value is -2.99. The van der Waals surface area contributed by atoms with Crippen LogP contribution < -0.4 is 0 Å². The summed E-state index contributed by atoms with van der Waals surface area (Å²) in [5.74, 6) is -0.320. The number of hydrogen-bond donors (Lipinski definition) is 0. The van der Waals surface area contributed by atoms with Crippen molar-refractivity contribution >= 4 is 27.4 Å². The van der Waals surface area contributed by atoms with Gasteiger partial charge in [-0.3, -0.25) is 4.79 Å². The van der Waals surface area contributed by atoms with E-state index in [-0.39, 0.29) is 17.8 Å². The highest BCUT2D eigenvalue weighted by atomic mass is 79.9. The first kappa shape index (κ1) is 20.9. The molecule has 0 fully saturated rings. The van der Waals surface area contributed by atoms with Gasteiger partial charge in [-0.05, 0) is 67.3 Å². The number of hydrogen-bond acceptors (Lipinski definition) is 2. The van der Waals surface area contributed by atoms with E-state index < -0.39 is 0 Å². The highest BCUT2D eigenvalue weighted by molar-refractivity contribution is 9.10. The third-order valence-electron chi connectivity index (χ3n) is 6.31. The van der Waals surface area contributed by atoms with E-state index in [1.54, 1.807) is 12.1 Å². The molecule has 0 saturated carbocycles. The second kappa shape index (κ2) is 8.17. The van der Waals surface area contributed by atoms with E-state index in [4.69, 9.17) is 0 Å². The number of benzene rings is 2. The normalized spacial score (nSPS) is 15.8. The van der Waals surface area contributed by atoms with Crippen LogP contribution in [0, 0.1) is 5.82 Å². The van der Waals surface area contributed by atoms with Crippen LogP contribution in [-0.4, -0.2) is 27.0 Å². The van der Waals surface area contributed by atoms with Gasteiger partial charge in [0.1, 0.15) is 5.82 Å². The molecule has 0 unspecified atom stereocenters. The molecule has 0 bridgehead atoms. The van der Waals surface area contributed by atoms with E-state index >= 15 is 0 Å². The Bertz CT molecular complexity index is 1350. The van der Waals surface area contributed by atoms with Crippen LogP contribution in [0.5, 0.6) is 0 Å². The van der Waals surface area contributed by atoms with Crippen LogP contribution in [0.3, 0.4) is 0 Å². The average molecular weight is 492 g/mol. The fraction of sp³-hybridized carbons (Fsp3) is 0.231. The molecule has 4 nitrogen and oxygen atoms in total. The molecule has 32 heavy (non-hydrogen) atoms. The number of fused-ring (bicyclic) bond motifs is 2. The zero-order valence-electron chi connectivity index (χ0n) is 18.0. The predicted octanol–water partition coefficient (Wildman–Crippen LogP) is 6.22. The van der Waals surface area contributed by atoms with Crippen LogP contribution in [0.15, 0.2) is 65.1 Å². The lowest BCUT2D eigenvalue weighted by atomic mass is 9.93. The molecule has 1 atom stereocenters. The van der Waals surface area contributed by atoms with Gasteiger partial charge in [0.2, 0.25) is 0 Å². The van der Waals surface area contributed by atoms with Crippen LogP contribution in [0.25, 0.3) is 16.8 Å². The van der Waals surface area contributed by atoms with Crippen molar-refractivity contribution in [1.82, 2.24) is 14.5 Å². The first-order valence-corrected chi connectivity index (χ1v) is 11.6. The molecule has 2 aromatic carbocycles. The molecular weight excluding hydrogens is 469 g/mol. The van der Waals surface area contributed by atoms with Crippen LogP contribution in [0.1, 0.15) is 47.1 Å². The molecule has 0 aliphatic carbocycles. The van der Waals surface area contributed by atoms with Crippen molar-refractivity contribution in [2.24, 2.45) is 0 Å². The molecule has 5 rings (SSSR count). The Kier molecular flexibility index (Phi) is 5.33. The molecule has 162 valence electrons. The minimum Gasteiger partial charge on any atom is -0.332 e. The van der Waals surface area contributed by atoms with Gasteiger partial charge in [-0.15, -0.1) is 0 Å². The smallest absolute Gasteiger partial charge is 0.254 e. The summed E-state index contributed by atoms with van der Waals surface area (Å²) in [6.45, 7) is 4.81. The van der Waals surface area contributed by atoms with Gasteiger partial charge < -0.3 is 4.90 Å². The standard InChI is InChI=1S/C26H23BrFN3O/c1-3-20-12-18(26(32)30-11-10-17-6-4-5-7-22(17)16(30)2)13-21-15-25(29-31(20)21)23-9-8-19(27)14-24(23)28/h4-9,12-16H,3,10-11H2,1-2H3/t16-/m1/s1. The van der Waals surface area contributed by atoms with Crippen LogP contribution in [0.2, 0.25) is 0 Å². The molecule has 1 aliphatic rings. The first-order chi connectivity index (χ1) is 15.5. The lowest BCUT2D eigenvalue weighted by Crippen LogP contribution is -2.38. The highest BCUT2D eigenvalue weighted by Crippen LogP contribution is 2.31. The zero-order chi connectivity index (χ0) is 22.4. The number of carbonyl (C=O) groups is 1. The SMILES string of the molecule is CCc1cc(C(=O)N2CCc3ccccc3[C@H]2C)cc2cc(-c3ccc(Br)cc3F)nn12. The summed E-state index contributed by atoms with van der Waals surface area (Å²) in [5.41, 5.74) is 5.85. The van der Waals surface area contributed by atoms with Gasteiger partial charge in [-0.2, -0.15) is 5.10 Å². The number of aromatic nitrogens is 2. The minimum absolute atomic E-state index is 0.0155. The predicted molar refractivity (Wildman–Crippen MR) is 127 cm³/mol. The Labute approximate surface area is 194 Å². The highest BCUT2D eigenvalue weighted by Gasteiger charge is 2.28. The van der Waals surface area contributed by atoms with Gasteiger partial charge in [0.05, 0.1) is 17.3 Å². The van der Waals surface area contributed by atoms with Gasteiger partial charge in [-0.1, -0.05) is 47.1 Å². The molecule has 0 saturated heterocycles. The molecule has 2 aromatic heterocycles. The maximum absolute atomic E-state index is 14.5. The number of amides is 1. The maximum atomic E-state index is 14.5. The summed E-state index contributed by atoms with van der Waals surface area (Å²) in [6, 6.07) is 18.9. The van der Waals surface area contributed by atoms with E-state index in [1.165, 1.54) is 17.2 Å². The fourth-order valence-corrected chi connectivity index (χ4v) is 4.92. The summed E-state index contributed by atoms with van der Waals surface area (Å²) in [6.07, 6.45) is 1.56. The number of nitrogens with zero attached hydrogens (tertiary/aromatic N) is 3. The van der Waals surface area contributed by atoms with E-state index in [9.17, 15) is 9.18 Å². The quantitative estimate of drug-likeness (QED) is 0.340. The number of carbonyl (C=O) groups excluding carboxylic acids is 1. The maximum Gasteiger partial charge on any atom is 0.254 e. The van der Waals surface area contributed by atoms with Crippen molar-refractivity contribution in [3.8, 4) is 11.3 Å². The molecule has 0 spiro atoms.